The van der Waals surface area contributed by atoms with Crippen LogP contribution in [0.5, 0.6) is 0 Å². The second kappa shape index (κ2) is 5.89. The van der Waals surface area contributed by atoms with Gasteiger partial charge in [0.1, 0.15) is 0 Å². The summed E-state index contributed by atoms with van der Waals surface area (Å²) in [6, 6.07) is -0.193. The minimum atomic E-state index is -3.09. The van der Waals surface area contributed by atoms with E-state index >= 15 is 0 Å². The monoisotopic (exact) mass is 308 g/mol. The van der Waals surface area contributed by atoms with E-state index < -0.39 is 15.1 Å². The molecule has 0 aromatic heterocycles. The van der Waals surface area contributed by atoms with Crippen molar-refractivity contribution in [2.75, 3.05) is 24.4 Å². The first-order chi connectivity index (χ1) is 8.88. The summed E-state index contributed by atoms with van der Waals surface area (Å²) in [5.41, 5.74) is 2.70. The molecular weight excluding hydrogens is 284 g/mol. The lowest BCUT2D eigenvalue weighted by molar-refractivity contribution is -0.0850. The Balaban J connectivity index is 2.10. The van der Waals surface area contributed by atoms with E-state index in [0.717, 1.165) is 30.8 Å². The van der Waals surface area contributed by atoms with E-state index in [-0.39, 0.29) is 17.6 Å². The minimum absolute atomic E-state index is 0.0418. The number of ether oxygens (including phenoxy) is 1. The summed E-state index contributed by atoms with van der Waals surface area (Å²) in [7, 11) is -3.09. The van der Waals surface area contributed by atoms with E-state index in [0.29, 0.717) is 6.61 Å². The Labute approximate surface area is 119 Å². The van der Waals surface area contributed by atoms with Crippen molar-refractivity contribution in [2.45, 2.75) is 43.1 Å². The number of thioether (sulfide) groups is 1. The zero-order valence-corrected chi connectivity index (χ0v) is 13.2. The Morgan fingerprint density at radius 3 is 2.79 bits per heavy atom. The first-order valence-electron chi connectivity index (χ1n) is 6.75. The predicted octanol–water partition coefficient (Wildman–Crippen LogP) is 0.554. The third-order valence-electron chi connectivity index (χ3n) is 4.48. The molecule has 19 heavy (non-hydrogen) atoms. The number of nitrogens with two attached hydrogens (primary N) is 1. The Hall–Kier alpha value is 0.180. The molecule has 0 aromatic carbocycles. The predicted molar refractivity (Wildman–Crippen MR) is 78.8 cm³/mol. The van der Waals surface area contributed by atoms with Gasteiger partial charge in [-0.3, -0.25) is 11.3 Å². The molecule has 0 saturated carbocycles. The molecule has 0 radical (unpaired) electrons. The van der Waals surface area contributed by atoms with E-state index in [1.807, 2.05) is 11.8 Å². The first kappa shape index (κ1) is 15.6. The summed E-state index contributed by atoms with van der Waals surface area (Å²) in [6.07, 6.45) is 4.14. The molecular formula is C12H24N2O3S2. The molecule has 2 aliphatic heterocycles. The molecule has 2 fully saturated rings. The molecule has 1 spiro atoms. The highest BCUT2D eigenvalue weighted by Crippen LogP contribution is 2.41. The molecule has 3 N–H and O–H groups in total. The van der Waals surface area contributed by atoms with Crippen LogP contribution in [0.15, 0.2) is 0 Å². The third kappa shape index (κ3) is 3.44. The number of hydrazine groups is 1. The molecule has 2 aliphatic rings. The van der Waals surface area contributed by atoms with Gasteiger partial charge in [-0.15, -0.1) is 0 Å². The smallest absolute Gasteiger partial charge is 0.151 e. The van der Waals surface area contributed by atoms with Crippen molar-refractivity contribution in [3.05, 3.63) is 0 Å². The van der Waals surface area contributed by atoms with Gasteiger partial charge in [-0.1, -0.05) is 0 Å². The molecule has 0 bridgehead atoms. The van der Waals surface area contributed by atoms with Crippen LogP contribution >= 0.6 is 11.8 Å². The van der Waals surface area contributed by atoms with Gasteiger partial charge in [0.2, 0.25) is 0 Å². The normalized spacial score (nSPS) is 35.4. The van der Waals surface area contributed by atoms with Gasteiger partial charge in [-0.05, 0) is 37.9 Å². The number of hydrogen-bond acceptors (Lipinski definition) is 6. The van der Waals surface area contributed by atoms with Gasteiger partial charge < -0.3 is 4.74 Å². The fourth-order valence-corrected chi connectivity index (χ4v) is 5.37. The molecule has 0 aromatic rings. The van der Waals surface area contributed by atoms with Crippen LogP contribution in [0, 0.1) is 5.92 Å². The minimum Gasteiger partial charge on any atom is -0.374 e. The van der Waals surface area contributed by atoms with Crippen molar-refractivity contribution in [1.29, 1.82) is 0 Å². The Bertz CT molecular complexity index is 407. The maximum atomic E-state index is 11.8. The lowest BCUT2D eigenvalue weighted by Gasteiger charge is -2.42. The Morgan fingerprint density at radius 2 is 2.26 bits per heavy atom. The van der Waals surface area contributed by atoms with Crippen LogP contribution < -0.4 is 11.3 Å². The number of hydrogen-bond donors (Lipinski definition) is 2. The number of nitrogens with one attached hydrogen (secondary N) is 1. The maximum absolute atomic E-state index is 11.8. The average molecular weight is 308 g/mol. The molecule has 0 amide bonds. The average Bonchev–Trinajstić information content (AvgIpc) is 2.77. The van der Waals surface area contributed by atoms with Crippen LogP contribution in [0.1, 0.15) is 26.2 Å². The van der Waals surface area contributed by atoms with Crippen LogP contribution in [-0.2, 0) is 14.6 Å². The van der Waals surface area contributed by atoms with Crippen molar-refractivity contribution < 1.29 is 13.2 Å². The second-order valence-electron chi connectivity index (χ2n) is 5.81. The lowest BCUT2D eigenvalue weighted by Crippen LogP contribution is -2.54. The first-order valence-corrected chi connectivity index (χ1v) is 9.86. The molecule has 5 nitrogen and oxygen atoms in total. The lowest BCUT2D eigenvalue weighted by atomic mass is 9.80. The Kier molecular flexibility index (Phi) is 4.83. The zero-order chi connectivity index (χ0) is 14.1. The summed E-state index contributed by atoms with van der Waals surface area (Å²) in [4.78, 5) is 0. The molecule has 2 rings (SSSR count). The Morgan fingerprint density at radius 1 is 1.53 bits per heavy atom. The van der Waals surface area contributed by atoms with Crippen LogP contribution in [0.4, 0.5) is 0 Å². The van der Waals surface area contributed by atoms with Crippen LogP contribution in [0.3, 0.4) is 0 Å². The van der Waals surface area contributed by atoms with Crippen molar-refractivity contribution in [2.24, 2.45) is 11.8 Å². The topological polar surface area (TPSA) is 81.4 Å². The van der Waals surface area contributed by atoms with Crippen molar-refractivity contribution in [3.63, 3.8) is 0 Å². The SMILES string of the molecule is CC(C(NN)C1CCOC2(CCSC2)C1)S(C)(=O)=O. The van der Waals surface area contributed by atoms with Crippen LogP contribution in [0.2, 0.25) is 0 Å². The molecule has 112 valence electrons. The van der Waals surface area contributed by atoms with Gasteiger partial charge >= 0.3 is 0 Å². The maximum Gasteiger partial charge on any atom is 0.151 e. The van der Waals surface area contributed by atoms with E-state index in [1.165, 1.54) is 6.26 Å². The van der Waals surface area contributed by atoms with Crippen molar-refractivity contribution in [1.82, 2.24) is 5.43 Å². The van der Waals surface area contributed by atoms with Gasteiger partial charge in [0.05, 0.1) is 10.9 Å². The van der Waals surface area contributed by atoms with Gasteiger partial charge in [-0.25, -0.2) is 8.42 Å². The number of sulfone groups is 1. The standard InChI is InChI=1S/C12H24N2O3S2/c1-9(19(2,15)16)11(14-13)10-3-5-17-12(7-10)4-6-18-8-12/h9-11,14H,3-8,13H2,1-2H3. The molecule has 2 heterocycles. The van der Waals surface area contributed by atoms with Crippen molar-refractivity contribution >= 4 is 21.6 Å². The highest BCUT2D eigenvalue weighted by molar-refractivity contribution is 7.99. The van der Waals surface area contributed by atoms with Gasteiger partial charge in [0, 0.05) is 24.7 Å². The third-order valence-corrected chi connectivity index (χ3v) is 7.35. The fourth-order valence-electron chi connectivity index (χ4n) is 3.16. The fraction of sp³-hybridized carbons (Fsp3) is 1.00. The van der Waals surface area contributed by atoms with Gasteiger partial charge in [-0.2, -0.15) is 11.8 Å². The van der Waals surface area contributed by atoms with E-state index in [1.54, 1.807) is 6.92 Å². The molecule has 4 unspecified atom stereocenters. The highest BCUT2D eigenvalue weighted by Gasteiger charge is 2.44. The number of rotatable bonds is 4. The van der Waals surface area contributed by atoms with Gasteiger partial charge in [0.25, 0.3) is 0 Å². The quantitative estimate of drug-likeness (QED) is 0.583. The summed E-state index contributed by atoms with van der Waals surface area (Å²) >= 11 is 1.92. The summed E-state index contributed by atoms with van der Waals surface area (Å²) < 4.78 is 29.5. The highest BCUT2D eigenvalue weighted by atomic mass is 32.2. The molecule has 7 heteroatoms. The second-order valence-corrected chi connectivity index (χ2v) is 9.32. The molecule has 0 aliphatic carbocycles. The molecule has 2 saturated heterocycles. The summed E-state index contributed by atoms with van der Waals surface area (Å²) in [6.45, 7) is 2.45. The van der Waals surface area contributed by atoms with E-state index in [2.05, 4.69) is 5.43 Å². The van der Waals surface area contributed by atoms with Crippen LogP contribution in [0.25, 0.3) is 0 Å². The molecule has 4 atom stereocenters. The summed E-state index contributed by atoms with van der Waals surface area (Å²) in [5, 5.41) is -0.466. The van der Waals surface area contributed by atoms with Crippen molar-refractivity contribution in [3.8, 4) is 0 Å². The van der Waals surface area contributed by atoms with Gasteiger partial charge in [0.15, 0.2) is 9.84 Å². The zero-order valence-electron chi connectivity index (χ0n) is 11.6. The van der Waals surface area contributed by atoms with E-state index in [9.17, 15) is 8.42 Å². The van der Waals surface area contributed by atoms with E-state index in [4.69, 9.17) is 10.6 Å². The summed E-state index contributed by atoms with van der Waals surface area (Å²) in [5.74, 6) is 8.05. The largest absolute Gasteiger partial charge is 0.374 e. The van der Waals surface area contributed by atoms with Crippen LogP contribution in [-0.4, -0.2) is 49.7 Å².